The molecule has 0 aliphatic carbocycles. The minimum atomic E-state index is -0.315. The average molecular weight is 348 g/mol. The Morgan fingerprint density at radius 1 is 1.38 bits per heavy atom. The zero-order valence-electron chi connectivity index (χ0n) is 15.0. The number of nitrogens with zero attached hydrogens (tertiary/aromatic N) is 3. The topological polar surface area (TPSA) is 67.2 Å². The maximum atomic E-state index is 12.5. The summed E-state index contributed by atoms with van der Waals surface area (Å²) in [6.07, 6.45) is 1.65. The molecule has 0 aliphatic rings. The summed E-state index contributed by atoms with van der Waals surface area (Å²) in [5, 5.41) is 3.76. The molecule has 0 aliphatic heterocycles. The number of pyridine rings is 1. The third-order valence-electron chi connectivity index (χ3n) is 3.99. The van der Waals surface area contributed by atoms with E-state index >= 15 is 0 Å². The Hall–Kier alpha value is -2.15. The summed E-state index contributed by atoms with van der Waals surface area (Å²) >= 11 is 1.63. The molecule has 6 nitrogen and oxygen atoms in total. The quantitative estimate of drug-likeness (QED) is 0.919. The van der Waals surface area contributed by atoms with E-state index in [1.807, 2.05) is 13.8 Å². The molecule has 1 atom stereocenters. The molecule has 2 rings (SSSR count). The van der Waals surface area contributed by atoms with Gasteiger partial charge in [-0.15, -0.1) is 11.3 Å². The summed E-state index contributed by atoms with van der Waals surface area (Å²) in [4.78, 5) is 31.8. The van der Waals surface area contributed by atoms with E-state index in [1.165, 1.54) is 4.57 Å². The van der Waals surface area contributed by atoms with Crippen molar-refractivity contribution >= 4 is 23.1 Å². The van der Waals surface area contributed by atoms with Crippen molar-refractivity contribution in [3.63, 3.8) is 0 Å². The Balaban J connectivity index is 2.18. The molecule has 0 aromatic carbocycles. The maximum absolute atomic E-state index is 12.5. The van der Waals surface area contributed by atoms with E-state index < -0.39 is 0 Å². The molecular weight excluding hydrogens is 324 g/mol. The van der Waals surface area contributed by atoms with Crippen LogP contribution in [0, 0.1) is 6.92 Å². The van der Waals surface area contributed by atoms with Gasteiger partial charge in [-0.05, 0) is 26.0 Å². The van der Waals surface area contributed by atoms with E-state index in [1.54, 1.807) is 48.7 Å². The van der Waals surface area contributed by atoms with E-state index in [2.05, 4.69) is 24.1 Å². The van der Waals surface area contributed by atoms with Crippen molar-refractivity contribution in [1.29, 1.82) is 0 Å². The van der Waals surface area contributed by atoms with E-state index in [-0.39, 0.29) is 23.3 Å². The summed E-state index contributed by atoms with van der Waals surface area (Å²) in [5.41, 5.74) is 0.988. The first-order chi connectivity index (χ1) is 11.2. The molecule has 0 saturated heterocycles. The highest BCUT2D eigenvalue weighted by Crippen LogP contribution is 2.31. The fourth-order valence-electron chi connectivity index (χ4n) is 2.31. The third kappa shape index (κ3) is 3.67. The van der Waals surface area contributed by atoms with Gasteiger partial charge < -0.3 is 14.8 Å². The molecule has 2 aromatic rings. The van der Waals surface area contributed by atoms with Gasteiger partial charge >= 0.3 is 6.03 Å². The molecule has 130 valence electrons. The van der Waals surface area contributed by atoms with Crippen molar-refractivity contribution in [3.8, 4) is 0 Å². The molecule has 1 unspecified atom stereocenters. The van der Waals surface area contributed by atoms with Crippen molar-refractivity contribution < 1.29 is 4.79 Å². The number of aryl methyl sites for hydroxylation is 2. The zero-order valence-corrected chi connectivity index (χ0v) is 15.8. The van der Waals surface area contributed by atoms with Gasteiger partial charge in [0.2, 0.25) is 0 Å². The number of anilines is 1. The SMILES string of the molecule is Cc1nc(C(C)C)sc1C(C)N(C)C(=O)Nc1cccn(C)c1=O. The molecule has 0 saturated carbocycles. The second kappa shape index (κ2) is 7.17. The number of thiazole rings is 1. The molecule has 0 radical (unpaired) electrons. The molecule has 2 aromatic heterocycles. The van der Waals surface area contributed by atoms with Gasteiger partial charge in [0.25, 0.3) is 5.56 Å². The zero-order chi connectivity index (χ0) is 18.0. The van der Waals surface area contributed by atoms with Gasteiger partial charge in [0, 0.05) is 31.1 Å². The van der Waals surface area contributed by atoms with Gasteiger partial charge in [0.15, 0.2) is 0 Å². The van der Waals surface area contributed by atoms with Crippen LogP contribution >= 0.6 is 11.3 Å². The Bertz CT molecular complexity index is 794. The summed E-state index contributed by atoms with van der Waals surface area (Å²) in [7, 11) is 3.38. The highest BCUT2D eigenvalue weighted by atomic mass is 32.1. The molecule has 0 spiro atoms. The number of carbonyl (C=O) groups excluding carboxylic acids is 1. The van der Waals surface area contributed by atoms with Crippen LogP contribution in [0.2, 0.25) is 0 Å². The fourth-order valence-corrected chi connectivity index (χ4v) is 3.48. The average Bonchev–Trinajstić information content (AvgIpc) is 2.92. The molecule has 0 bridgehead atoms. The van der Waals surface area contributed by atoms with Crippen molar-refractivity contribution in [2.45, 2.75) is 39.7 Å². The van der Waals surface area contributed by atoms with Crippen LogP contribution in [0.1, 0.15) is 48.3 Å². The Kier molecular flexibility index (Phi) is 5.43. The van der Waals surface area contributed by atoms with E-state index in [0.717, 1.165) is 15.6 Å². The molecule has 24 heavy (non-hydrogen) atoms. The maximum Gasteiger partial charge on any atom is 0.322 e. The van der Waals surface area contributed by atoms with Gasteiger partial charge in [-0.3, -0.25) is 4.79 Å². The van der Waals surface area contributed by atoms with E-state index in [4.69, 9.17) is 0 Å². The number of hydrogen-bond acceptors (Lipinski definition) is 4. The highest BCUT2D eigenvalue weighted by Gasteiger charge is 2.23. The summed E-state index contributed by atoms with van der Waals surface area (Å²) in [6.45, 7) is 8.14. The first-order valence-corrected chi connectivity index (χ1v) is 8.70. The van der Waals surface area contributed by atoms with Crippen LogP contribution in [-0.2, 0) is 7.05 Å². The minimum absolute atomic E-state index is 0.123. The fraction of sp³-hybridized carbons (Fsp3) is 0.471. The molecule has 2 heterocycles. The predicted octanol–water partition coefficient (Wildman–Crippen LogP) is 3.50. The third-order valence-corrected chi connectivity index (χ3v) is 5.62. The Morgan fingerprint density at radius 3 is 2.62 bits per heavy atom. The molecule has 2 amide bonds. The number of carbonyl (C=O) groups is 1. The molecule has 1 N–H and O–H groups in total. The second-order valence-electron chi connectivity index (χ2n) is 6.21. The molecular formula is C17H24N4O2S. The first kappa shape index (κ1) is 18.2. The van der Waals surface area contributed by atoms with Crippen molar-refractivity contribution in [1.82, 2.24) is 14.5 Å². The lowest BCUT2D eigenvalue weighted by Crippen LogP contribution is -2.35. The number of urea groups is 1. The minimum Gasteiger partial charge on any atom is -0.320 e. The van der Waals surface area contributed by atoms with Crippen molar-refractivity contribution in [2.24, 2.45) is 7.05 Å². The predicted molar refractivity (Wildman–Crippen MR) is 97.8 cm³/mol. The lowest BCUT2D eigenvalue weighted by molar-refractivity contribution is 0.209. The van der Waals surface area contributed by atoms with Crippen LogP contribution in [0.3, 0.4) is 0 Å². The summed E-state index contributed by atoms with van der Waals surface area (Å²) < 4.78 is 1.43. The molecule has 7 heteroatoms. The standard InChI is InChI=1S/C17H24N4O2S/c1-10(2)15-18-11(3)14(24-15)12(4)21(6)17(23)19-13-8-7-9-20(5)16(13)22/h7-10,12H,1-6H3,(H,19,23). The van der Waals surface area contributed by atoms with Crippen LogP contribution in [0.5, 0.6) is 0 Å². The van der Waals surface area contributed by atoms with Gasteiger partial charge in [-0.1, -0.05) is 13.8 Å². The number of aromatic nitrogens is 2. The van der Waals surface area contributed by atoms with Crippen molar-refractivity contribution in [3.05, 3.63) is 44.3 Å². The van der Waals surface area contributed by atoms with Gasteiger partial charge in [-0.2, -0.15) is 0 Å². The van der Waals surface area contributed by atoms with Crippen molar-refractivity contribution in [2.75, 3.05) is 12.4 Å². The highest BCUT2D eigenvalue weighted by molar-refractivity contribution is 7.11. The number of hydrogen-bond donors (Lipinski definition) is 1. The Labute approximate surface area is 146 Å². The molecule has 0 fully saturated rings. The monoisotopic (exact) mass is 348 g/mol. The number of amides is 2. The largest absolute Gasteiger partial charge is 0.322 e. The summed E-state index contributed by atoms with van der Waals surface area (Å²) in [5.74, 6) is 0.362. The van der Waals surface area contributed by atoms with Gasteiger partial charge in [-0.25, -0.2) is 9.78 Å². The van der Waals surface area contributed by atoms with Crippen LogP contribution in [0.25, 0.3) is 0 Å². The summed E-state index contributed by atoms with van der Waals surface area (Å²) in [6, 6.07) is 2.89. The van der Waals surface area contributed by atoms with Gasteiger partial charge in [0.1, 0.15) is 5.69 Å². The van der Waals surface area contributed by atoms with E-state index in [0.29, 0.717) is 5.92 Å². The number of nitrogens with one attached hydrogen (secondary N) is 1. The van der Waals surface area contributed by atoms with Crippen LogP contribution < -0.4 is 10.9 Å². The Morgan fingerprint density at radius 2 is 2.04 bits per heavy atom. The smallest absolute Gasteiger partial charge is 0.320 e. The first-order valence-electron chi connectivity index (χ1n) is 7.89. The normalized spacial score (nSPS) is 12.3. The lowest BCUT2D eigenvalue weighted by atomic mass is 10.2. The van der Waals surface area contributed by atoms with Crippen LogP contribution in [0.4, 0.5) is 10.5 Å². The van der Waals surface area contributed by atoms with Crippen LogP contribution in [0.15, 0.2) is 23.1 Å². The van der Waals surface area contributed by atoms with Gasteiger partial charge in [0.05, 0.1) is 16.7 Å². The van der Waals surface area contributed by atoms with Crippen LogP contribution in [-0.4, -0.2) is 27.5 Å². The van der Waals surface area contributed by atoms with E-state index in [9.17, 15) is 9.59 Å². The second-order valence-corrected chi connectivity index (χ2v) is 7.27. The number of rotatable bonds is 4. The lowest BCUT2D eigenvalue weighted by Gasteiger charge is -2.24.